The van der Waals surface area contributed by atoms with Crippen molar-refractivity contribution in [2.24, 2.45) is 0 Å². The fourth-order valence-corrected chi connectivity index (χ4v) is 4.27. The van der Waals surface area contributed by atoms with Crippen molar-refractivity contribution in [2.75, 3.05) is 6.61 Å². The summed E-state index contributed by atoms with van der Waals surface area (Å²) in [5.74, 6) is -3.31. The van der Waals surface area contributed by atoms with Crippen molar-refractivity contribution in [3.05, 3.63) is 70.9 Å². The number of fused-ring (bicyclic) bond motifs is 1. The first kappa shape index (κ1) is 22.8. The number of hydrogen-bond donors (Lipinski definition) is 2. The monoisotopic (exact) mass is 493 g/mol. The zero-order valence-corrected chi connectivity index (χ0v) is 18.0. The van der Waals surface area contributed by atoms with E-state index in [9.17, 15) is 23.8 Å². The van der Waals surface area contributed by atoms with Crippen LogP contribution in [0.25, 0.3) is 11.3 Å². The molecule has 6 atom stereocenters. The molecule has 3 heterocycles. The zero-order valence-electron chi connectivity index (χ0n) is 17.3. The van der Waals surface area contributed by atoms with Gasteiger partial charge < -0.3 is 24.4 Å². The second-order valence-corrected chi connectivity index (χ2v) is 8.31. The van der Waals surface area contributed by atoms with Crippen LogP contribution in [0.15, 0.2) is 48.7 Å². The van der Waals surface area contributed by atoms with Gasteiger partial charge in [0, 0.05) is 11.1 Å². The lowest BCUT2D eigenvalue weighted by atomic mass is 9.91. The van der Waals surface area contributed by atoms with Crippen LogP contribution in [0.2, 0.25) is 5.02 Å². The summed E-state index contributed by atoms with van der Waals surface area (Å²) in [5, 5.41) is 27.7. The maximum absolute atomic E-state index is 13.9. The van der Waals surface area contributed by atoms with E-state index in [1.807, 2.05) is 18.2 Å². The number of carboxylic acids is 1. The Balaban J connectivity index is 1.50. The molecule has 9 nitrogen and oxygen atoms in total. The number of carbonyl (C=O) groups is 1. The van der Waals surface area contributed by atoms with Gasteiger partial charge >= 0.3 is 5.97 Å². The molecule has 0 bridgehead atoms. The Kier molecular flexibility index (Phi) is 6.04. The summed E-state index contributed by atoms with van der Waals surface area (Å²) >= 11 is 5.55. The van der Waals surface area contributed by atoms with E-state index in [2.05, 4.69) is 10.3 Å². The van der Waals surface area contributed by atoms with Gasteiger partial charge in [0.1, 0.15) is 46.7 Å². The first-order valence-corrected chi connectivity index (χ1v) is 10.7. The Hall–Kier alpha value is -2.96. The molecule has 0 unspecified atom stereocenters. The average molecular weight is 494 g/mol. The van der Waals surface area contributed by atoms with Crippen molar-refractivity contribution in [1.82, 2.24) is 15.0 Å². The van der Waals surface area contributed by atoms with E-state index in [0.29, 0.717) is 0 Å². The van der Waals surface area contributed by atoms with Gasteiger partial charge in [-0.15, -0.1) is 5.10 Å². The molecule has 1 aromatic heterocycles. The second kappa shape index (κ2) is 9.01. The van der Waals surface area contributed by atoms with Gasteiger partial charge in [-0.25, -0.2) is 18.3 Å². The predicted molar refractivity (Wildman–Crippen MR) is 112 cm³/mol. The molecule has 178 valence electrons. The number of aliphatic carboxylic acids is 1. The Morgan fingerprint density at radius 3 is 2.53 bits per heavy atom. The molecule has 0 spiro atoms. The SMILES string of the molecule is O=C(O)[C@@H]1O[C@@H]2CO[C@H](c3ccccc3)O[C@@H]2[C@H](n2cc(-c3cc(F)c(Cl)c(F)c3)nn2)[C@H]1O. The van der Waals surface area contributed by atoms with E-state index >= 15 is 0 Å². The number of carboxylic acid groups (broad SMARTS) is 1. The molecule has 2 saturated heterocycles. The molecule has 0 radical (unpaired) electrons. The normalized spacial score (nSPS) is 28.9. The summed E-state index contributed by atoms with van der Waals surface area (Å²) in [6.45, 7) is 0.00634. The number of aliphatic hydroxyl groups is 1. The minimum Gasteiger partial charge on any atom is -0.479 e. The van der Waals surface area contributed by atoms with Crippen LogP contribution < -0.4 is 0 Å². The van der Waals surface area contributed by atoms with Gasteiger partial charge in [0.15, 0.2) is 12.4 Å². The Morgan fingerprint density at radius 1 is 1.15 bits per heavy atom. The van der Waals surface area contributed by atoms with Crippen LogP contribution in [0, 0.1) is 11.6 Å². The number of nitrogens with zero attached hydrogens (tertiary/aromatic N) is 3. The maximum atomic E-state index is 13.9. The minimum atomic E-state index is -1.58. The highest BCUT2D eigenvalue weighted by molar-refractivity contribution is 6.30. The van der Waals surface area contributed by atoms with Crippen molar-refractivity contribution in [1.29, 1.82) is 0 Å². The number of ether oxygens (including phenoxy) is 3. The van der Waals surface area contributed by atoms with Gasteiger partial charge in [0.25, 0.3) is 0 Å². The van der Waals surface area contributed by atoms with E-state index in [-0.39, 0.29) is 17.9 Å². The van der Waals surface area contributed by atoms with E-state index in [1.54, 1.807) is 12.1 Å². The summed E-state index contributed by atoms with van der Waals surface area (Å²) in [4.78, 5) is 11.7. The topological polar surface area (TPSA) is 116 Å². The summed E-state index contributed by atoms with van der Waals surface area (Å²) < 4.78 is 46.5. The number of aliphatic hydroxyl groups excluding tert-OH is 1. The molecule has 2 aromatic carbocycles. The van der Waals surface area contributed by atoms with E-state index in [0.717, 1.165) is 17.7 Å². The lowest BCUT2D eigenvalue weighted by Crippen LogP contribution is -2.61. The lowest BCUT2D eigenvalue weighted by Gasteiger charge is -2.47. The third-order valence-electron chi connectivity index (χ3n) is 5.79. The van der Waals surface area contributed by atoms with Crippen LogP contribution in [-0.2, 0) is 19.0 Å². The van der Waals surface area contributed by atoms with Crippen LogP contribution in [-0.4, -0.2) is 62.2 Å². The molecule has 0 saturated carbocycles. The highest BCUT2D eigenvalue weighted by Crippen LogP contribution is 2.39. The molecule has 0 aliphatic carbocycles. The second-order valence-electron chi connectivity index (χ2n) is 7.93. The van der Waals surface area contributed by atoms with Gasteiger partial charge in [0.05, 0.1) is 12.8 Å². The quantitative estimate of drug-likeness (QED) is 0.533. The Labute approximate surface area is 196 Å². The van der Waals surface area contributed by atoms with Crippen molar-refractivity contribution in [3.63, 3.8) is 0 Å². The van der Waals surface area contributed by atoms with E-state index < -0.39 is 59.4 Å². The van der Waals surface area contributed by atoms with Crippen molar-refractivity contribution < 1.29 is 38.0 Å². The molecule has 2 aliphatic heterocycles. The largest absolute Gasteiger partial charge is 0.479 e. The van der Waals surface area contributed by atoms with Gasteiger partial charge in [-0.05, 0) is 12.1 Å². The zero-order chi connectivity index (χ0) is 24.0. The first-order valence-electron chi connectivity index (χ1n) is 10.3. The van der Waals surface area contributed by atoms with E-state index in [1.165, 1.54) is 10.9 Å². The number of hydrogen-bond acceptors (Lipinski definition) is 7. The Bertz CT molecular complexity index is 1190. The number of benzene rings is 2. The molecular weight excluding hydrogens is 476 g/mol. The molecule has 12 heteroatoms. The highest BCUT2D eigenvalue weighted by Gasteiger charge is 2.53. The molecule has 2 fully saturated rings. The van der Waals surface area contributed by atoms with Crippen molar-refractivity contribution in [3.8, 4) is 11.3 Å². The Morgan fingerprint density at radius 2 is 1.85 bits per heavy atom. The van der Waals surface area contributed by atoms with E-state index in [4.69, 9.17) is 25.8 Å². The van der Waals surface area contributed by atoms with Crippen LogP contribution in [0.4, 0.5) is 8.78 Å². The highest BCUT2D eigenvalue weighted by atomic mass is 35.5. The van der Waals surface area contributed by atoms with Gasteiger partial charge in [-0.2, -0.15) is 0 Å². The van der Waals surface area contributed by atoms with Crippen LogP contribution >= 0.6 is 11.6 Å². The standard InChI is InChI=1S/C22H18ClF2N3O6/c23-16-12(24)6-11(7-13(16)25)14-8-28(27-26-14)17-18(29)20(21(30)31)33-15-9-32-22(34-19(15)17)10-4-2-1-3-5-10/h1-8,15,17-20,22,29H,9H2,(H,30,31)/t15-,17-,18-,19+,20-,22+/m1/s1. The minimum absolute atomic E-state index is 0.00634. The van der Waals surface area contributed by atoms with Gasteiger partial charge in [-0.1, -0.05) is 47.1 Å². The number of aromatic nitrogens is 3. The molecule has 34 heavy (non-hydrogen) atoms. The fourth-order valence-electron chi connectivity index (χ4n) is 4.16. The molecule has 0 amide bonds. The average Bonchev–Trinajstić information content (AvgIpc) is 3.31. The fraction of sp³-hybridized carbons (Fsp3) is 0.318. The third kappa shape index (κ3) is 4.05. The van der Waals surface area contributed by atoms with Gasteiger partial charge in [-0.3, -0.25) is 0 Å². The van der Waals surface area contributed by atoms with Crippen LogP contribution in [0.1, 0.15) is 17.9 Å². The summed E-state index contributed by atoms with van der Waals surface area (Å²) in [7, 11) is 0. The number of rotatable bonds is 4. The molecule has 2 aliphatic rings. The molecule has 2 N–H and O–H groups in total. The number of halogens is 3. The molecule has 3 aromatic rings. The van der Waals surface area contributed by atoms with Crippen molar-refractivity contribution >= 4 is 17.6 Å². The lowest BCUT2D eigenvalue weighted by molar-refractivity contribution is -0.314. The molecule has 5 rings (SSSR count). The summed E-state index contributed by atoms with van der Waals surface area (Å²) in [6, 6.07) is 10.0. The van der Waals surface area contributed by atoms with Crippen molar-refractivity contribution in [2.45, 2.75) is 36.7 Å². The maximum Gasteiger partial charge on any atom is 0.335 e. The van der Waals surface area contributed by atoms with Crippen LogP contribution in [0.5, 0.6) is 0 Å². The summed E-state index contributed by atoms with van der Waals surface area (Å²) in [5.41, 5.74) is 0.873. The van der Waals surface area contributed by atoms with Crippen LogP contribution in [0.3, 0.4) is 0 Å². The van der Waals surface area contributed by atoms with Gasteiger partial charge in [0.2, 0.25) is 0 Å². The smallest absolute Gasteiger partial charge is 0.335 e. The third-order valence-corrected chi connectivity index (χ3v) is 6.15. The first-order chi connectivity index (χ1) is 16.3. The molecular formula is C22H18ClF2N3O6. The predicted octanol–water partition coefficient (Wildman–Crippen LogP) is 2.74. The summed E-state index contributed by atoms with van der Waals surface area (Å²) in [6.07, 6.45) is -4.28.